The van der Waals surface area contributed by atoms with Crippen LogP contribution in [0.25, 0.3) is 0 Å². The average molecular weight is 1010 g/mol. The average Bonchev–Trinajstić information content (AvgIpc) is 3.38. The highest BCUT2D eigenvalue weighted by Gasteiger charge is 2.19. The van der Waals surface area contributed by atoms with E-state index in [-0.39, 0.29) is 31.1 Å². The predicted octanol–water partition coefficient (Wildman–Crippen LogP) is 21.2. The second kappa shape index (κ2) is 60.7. The molecule has 418 valence electrons. The fraction of sp³-hybridized carbons (Fsp3) is 0.803. The molecule has 0 radical (unpaired) electrons. The molecular weight excluding hydrogens is 889 g/mol. The zero-order valence-electron chi connectivity index (χ0n) is 47.9. The summed E-state index contributed by atoms with van der Waals surface area (Å²) in [7, 11) is 0. The van der Waals surface area contributed by atoms with E-state index in [1.54, 1.807) is 0 Å². The van der Waals surface area contributed by atoms with Gasteiger partial charge < -0.3 is 14.2 Å². The number of hydrogen-bond donors (Lipinski definition) is 0. The molecule has 6 nitrogen and oxygen atoms in total. The summed E-state index contributed by atoms with van der Waals surface area (Å²) in [6, 6.07) is 0. The summed E-state index contributed by atoms with van der Waals surface area (Å²) in [6.07, 6.45) is 76.6. The zero-order valence-corrected chi connectivity index (χ0v) is 47.9. The van der Waals surface area contributed by atoms with Crippen molar-refractivity contribution in [2.45, 2.75) is 329 Å². The number of carbonyl (C=O) groups is 3. The predicted molar refractivity (Wildman–Crippen MR) is 312 cm³/mol. The van der Waals surface area contributed by atoms with Gasteiger partial charge in [0.05, 0.1) is 0 Å². The Morgan fingerprint density at radius 1 is 0.278 bits per heavy atom. The van der Waals surface area contributed by atoms with Crippen molar-refractivity contribution >= 4 is 17.9 Å². The normalized spacial score (nSPS) is 12.4. The molecule has 0 aromatic rings. The summed E-state index contributed by atoms with van der Waals surface area (Å²) in [6.45, 7) is 6.60. The maximum absolute atomic E-state index is 12.9. The lowest BCUT2D eigenvalue weighted by Gasteiger charge is -2.18. The van der Waals surface area contributed by atoms with Crippen LogP contribution in [0.4, 0.5) is 0 Å². The van der Waals surface area contributed by atoms with Gasteiger partial charge in [0.2, 0.25) is 0 Å². The molecule has 0 rings (SSSR count). The minimum absolute atomic E-state index is 0.0795. The molecule has 0 spiro atoms. The van der Waals surface area contributed by atoms with E-state index in [1.165, 1.54) is 193 Å². The Morgan fingerprint density at radius 3 is 0.833 bits per heavy atom. The van der Waals surface area contributed by atoms with Crippen LogP contribution < -0.4 is 0 Å². The van der Waals surface area contributed by atoms with Crippen molar-refractivity contribution in [2.75, 3.05) is 13.2 Å². The number of rotatable bonds is 57. The molecule has 6 heteroatoms. The molecule has 1 unspecified atom stereocenters. The highest BCUT2D eigenvalue weighted by molar-refractivity contribution is 5.71. The Morgan fingerprint density at radius 2 is 0.514 bits per heavy atom. The van der Waals surface area contributed by atoms with E-state index >= 15 is 0 Å². The Bertz CT molecular complexity index is 1290. The molecule has 72 heavy (non-hydrogen) atoms. The van der Waals surface area contributed by atoms with Gasteiger partial charge in [-0.3, -0.25) is 14.4 Å². The van der Waals surface area contributed by atoms with E-state index in [4.69, 9.17) is 14.2 Å². The van der Waals surface area contributed by atoms with Crippen LogP contribution in [0.3, 0.4) is 0 Å². The molecule has 0 amide bonds. The van der Waals surface area contributed by atoms with Crippen LogP contribution in [0, 0.1) is 0 Å². The third kappa shape index (κ3) is 58.0. The number of hydrogen-bond acceptors (Lipinski definition) is 6. The van der Waals surface area contributed by atoms with Crippen molar-refractivity contribution in [2.24, 2.45) is 0 Å². The standard InChI is InChI=1S/C66H118O6/c1-4-7-10-13-16-19-22-24-26-28-29-30-31-32-33-34-35-36-37-38-40-41-44-47-50-53-56-59-65(68)71-62-63(61-70-64(67)58-55-52-49-46-43-21-18-15-12-9-6-3)72-66(69)60-57-54-51-48-45-42-39-27-25-23-20-17-14-11-8-5-2/h15,18,22,24,27-29,31-32,39,63H,4-14,16-17,19-21,23,25-26,30,33-38,40-62H2,1-3H3/b18-15-,24-22-,29-28-,32-31-,39-27-. The maximum Gasteiger partial charge on any atom is 0.306 e. The highest BCUT2D eigenvalue weighted by atomic mass is 16.6. The van der Waals surface area contributed by atoms with Crippen LogP contribution >= 0.6 is 0 Å². The van der Waals surface area contributed by atoms with E-state index in [0.29, 0.717) is 19.3 Å². The maximum atomic E-state index is 12.9. The summed E-state index contributed by atoms with van der Waals surface area (Å²) in [5, 5.41) is 0. The molecule has 0 aliphatic carbocycles. The zero-order chi connectivity index (χ0) is 52.2. The fourth-order valence-corrected chi connectivity index (χ4v) is 8.96. The molecule has 0 fully saturated rings. The van der Waals surface area contributed by atoms with Crippen molar-refractivity contribution in [1.82, 2.24) is 0 Å². The Balaban J connectivity index is 4.23. The first-order valence-corrected chi connectivity index (χ1v) is 31.3. The van der Waals surface area contributed by atoms with Gasteiger partial charge in [0, 0.05) is 19.3 Å². The molecule has 0 bridgehead atoms. The van der Waals surface area contributed by atoms with Gasteiger partial charge in [0.25, 0.3) is 0 Å². The molecule has 0 saturated heterocycles. The third-order valence-corrected chi connectivity index (χ3v) is 13.7. The van der Waals surface area contributed by atoms with Gasteiger partial charge in [-0.25, -0.2) is 0 Å². The Hall–Kier alpha value is -2.89. The van der Waals surface area contributed by atoms with E-state index in [1.807, 2.05) is 0 Å². The van der Waals surface area contributed by atoms with E-state index in [9.17, 15) is 14.4 Å². The van der Waals surface area contributed by atoms with Crippen LogP contribution in [0.15, 0.2) is 60.8 Å². The van der Waals surface area contributed by atoms with Gasteiger partial charge in [-0.15, -0.1) is 0 Å². The van der Waals surface area contributed by atoms with Gasteiger partial charge in [0.15, 0.2) is 6.10 Å². The number of allylic oxidation sites excluding steroid dienone is 10. The molecule has 0 aliphatic rings. The fourth-order valence-electron chi connectivity index (χ4n) is 8.96. The van der Waals surface area contributed by atoms with E-state index in [2.05, 4.69) is 81.5 Å². The minimum Gasteiger partial charge on any atom is -0.462 e. The highest BCUT2D eigenvalue weighted by Crippen LogP contribution is 2.16. The minimum atomic E-state index is -0.782. The molecule has 0 saturated carbocycles. The summed E-state index contributed by atoms with van der Waals surface area (Å²) in [5.74, 6) is -0.887. The molecule has 1 atom stereocenters. The van der Waals surface area contributed by atoms with Crippen LogP contribution in [-0.2, 0) is 28.6 Å². The van der Waals surface area contributed by atoms with Gasteiger partial charge in [-0.2, -0.15) is 0 Å². The molecule has 0 heterocycles. The first kappa shape index (κ1) is 69.1. The lowest BCUT2D eigenvalue weighted by molar-refractivity contribution is -0.167. The van der Waals surface area contributed by atoms with E-state index in [0.717, 1.165) is 89.9 Å². The smallest absolute Gasteiger partial charge is 0.306 e. The Labute approximate surface area is 447 Å². The lowest BCUT2D eigenvalue weighted by atomic mass is 10.0. The lowest BCUT2D eigenvalue weighted by Crippen LogP contribution is -2.30. The third-order valence-electron chi connectivity index (χ3n) is 13.7. The topological polar surface area (TPSA) is 78.9 Å². The largest absolute Gasteiger partial charge is 0.462 e. The van der Waals surface area contributed by atoms with Crippen LogP contribution in [0.1, 0.15) is 323 Å². The second-order valence-electron chi connectivity index (χ2n) is 21.0. The molecule has 0 N–H and O–H groups in total. The molecule has 0 aromatic carbocycles. The van der Waals surface area contributed by atoms with Crippen LogP contribution in [0.2, 0.25) is 0 Å². The van der Waals surface area contributed by atoms with Crippen molar-refractivity contribution in [3.63, 3.8) is 0 Å². The van der Waals surface area contributed by atoms with Crippen molar-refractivity contribution in [3.05, 3.63) is 60.8 Å². The van der Waals surface area contributed by atoms with E-state index < -0.39 is 6.10 Å². The molecular formula is C66H118O6. The summed E-state index contributed by atoms with van der Waals surface area (Å²) < 4.78 is 16.9. The van der Waals surface area contributed by atoms with Crippen LogP contribution in [0.5, 0.6) is 0 Å². The van der Waals surface area contributed by atoms with Crippen molar-refractivity contribution < 1.29 is 28.6 Å². The molecule has 0 aromatic heterocycles. The van der Waals surface area contributed by atoms with Crippen molar-refractivity contribution in [1.29, 1.82) is 0 Å². The van der Waals surface area contributed by atoms with Gasteiger partial charge in [-0.1, -0.05) is 261 Å². The summed E-state index contributed by atoms with van der Waals surface area (Å²) in [4.78, 5) is 38.2. The quantitative estimate of drug-likeness (QED) is 0.0261. The van der Waals surface area contributed by atoms with Crippen LogP contribution in [-0.4, -0.2) is 37.2 Å². The van der Waals surface area contributed by atoms with Crippen molar-refractivity contribution in [3.8, 4) is 0 Å². The van der Waals surface area contributed by atoms with Gasteiger partial charge >= 0.3 is 17.9 Å². The number of ether oxygens (including phenoxy) is 3. The van der Waals surface area contributed by atoms with Gasteiger partial charge in [0.1, 0.15) is 13.2 Å². The second-order valence-corrected chi connectivity index (χ2v) is 21.0. The summed E-state index contributed by atoms with van der Waals surface area (Å²) in [5.41, 5.74) is 0. The monoisotopic (exact) mass is 1010 g/mol. The first-order valence-electron chi connectivity index (χ1n) is 31.3. The SMILES string of the molecule is CCCC/C=C\CCCCCCCC(=O)OCC(COC(=O)CCCCCCCCCCCCCC/C=C\C/C=C\C/C=C\CCCCCCC)OC(=O)CCCCCCC/C=C\CCCCCCCCC. The number of esters is 3. The molecule has 0 aliphatic heterocycles. The summed E-state index contributed by atoms with van der Waals surface area (Å²) >= 11 is 0. The number of unbranched alkanes of at least 4 members (excludes halogenated alkanes) is 36. The Kier molecular flexibility index (Phi) is 58.2. The number of carbonyl (C=O) groups excluding carboxylic acids is 3. The van der Waals surface area contributed by atoms with Gasteiger partial charge in [-0.05, 0) is 103 Å². The first-order chi connectivity index (χ1) is 35.5.